The van der Waals surface area contributed by atoms with Crippen molar-refractivity contribution in [3.05, 3.63) is 29.8 Å². The van der Waals surface area contributed by atoms with E-state index in [1.807, 2.05) is 27.7 Å². The van der Waals surface area contributed by atoms with Crippen LogP contribution in [-0.2, 0) is 19.1 Å². The van der Waals surface area contributed by atoms with Gasteiger partial charge < -0.3 is 25.6 Å². The summed E-state index contributed by atoms with van der Waals surface area (Å²) in [4.78, 5) is 50.7. The smallest absolute Gasteiger partial charge is 0.308 e. The lowest BCUT2D eigenvalue weighted by molar-refractivity contribution is -0.152. The van der Waals surface area contributed by atoms with Gasteiger partial charge in [0.05, 0.1) is 19.6 Å². The van der Waals surface area contributed by atoms with Crippen LogP contribution >= 0.6 is 0 Å². The maximum atomic E-state index is 12.8. The van der Waals surface area contributed by atoms with Crippen LogP contribution in [-0.4, -0.2) is 66.9 Å². The molecule has 0 radical (unpaired) electrons. The molecule has 3 N–H and O–H groups in total. The Bertz CT molecular complexity index is 809. The minimum Gasteiger partial charge on any atom is -0.465 e. The normalized spacial score (nSPS) is 16.8. The van der Waals surface area contributed by atoms with E-state index < -0.39 is 12.0 Å². The van der Waals surface area contributed by atoms with Gasteiger partial charge in [-0.25, -0.2) is 0 Å². The first-order valence-corrected chi connectivity index (χ1v) is 11.1. The van der Waals surface area contributed by atoms with Gasteiger partial charge in [0.2, 0.25) is 11.8 Å². The molecule has 9 nitrogen and oxygen atoms in total. The van der Waals surface area contributed by atoms with Crippen molar-refractivity contribution in [3.63, 3.8) is 0 Å². The van der Waals surface area contributed by atoms with E-state index in [1.165, 1.54) is 4.90 Å². The monoisotopic (exact) mass is 446 g/mol. The molecule has 0 bridgehead atoms. The third-order valence-corrected chi connectivity index (χ3v) is 5.17. The van der Waals surface area contributed by atoms with E-state index in [-0.39, 0.29) is 49.3 Å². The van der Waals surface area contributed by atoms with Crippen molar-refractivity contribution < 1.29 is 23.9 Å². The second-order valence-corrected chi connectivity index (χ2v) is 8.39. The second kappa shape index (κ2) is 12.1. The first-order valence-electron chi connectivity index (χ1n) is 11.1. The average molecular weight is 447 g/mol. The number of benzene rings is 1. The number of esters is 1. The van der Waals surface area contributed by atoms with E-state index in [0.29, 0.717) is 24.3 Å². The SMILES string of the molecule is CCC(C)NC(=O)c1ccc(NCC(=O)N2CCNC(=O)C2CC(=O)OCC(C)C)cc1. The first kappa shape index (κ1) is 25.2. The predicted octanol–water partition coefficient (Wildman–Crippen LogP) is 1.54. The Morgan fingerprint density at radius 3 is 2.50 bits per heavy atom. The Labute approximate surface area is 189 Å². The standard InChI is InChI=1S/C23H34N4O5/c1-5-16(4)26-22(30)17-6-8-18(9-7-17)25-13-20(28)27-11-10-24-23(31)19(27)12-21(29)32-14-15(2)3/h6-9,15-16,19,25H,5,10-14H2,1-4H3,(H,24,31)(H,26,30). The summed E-state index contributed by atoms with van der Waals surface area (Å²) in [6.07, 6.45) is 0.669. The average Bonchev–Trinajstić information content (AvgIpc) is 2.77. The van der Waals surface area contributed by atoms with Crippen molar-refractivity contribution in [1.29, 1.82) is 0 Å². The van der Waals surface area contributed by atoms with Crippen molar-refractivity contribution in [2.75, 3.05) is 31.6 Å². The molecule has 1 aromatic carbocycles. The minimum absolute atomic E-state index is 0.0385. The lowest BCUT2D eigenvalue weighted by atomic mass is 10.1. The highest BCUT2D eigenvalue weighted by Gasteiger charge is 2.35. The number of carbonyl (C=O) groups is 4. The van der Waals surface area contributed by atoms with Crippen LogP contribution in [0.25, 0.3) is 0 Å². The molecule has 2 unspecified atom stereocenters. The number of amides is 3. The number of rotatable bonds is 10. The quantitative estimate of drug-likeness (QED) is 0.470. The molecular weight excluding hydrogens is 412 g/mol. The Morgan fingerprint density at radius 1 is 1.19 bits per heavy atom. The van der Waals surface area contributed by atoms with Gasteiger partial charge in [0.1, 0.15) is 6.04 Å². The van der Waals surface area contributed by atoms with E-state index in [9.17, 15) is 19.2 Å². The zero-order valence-electron chi connectivity index (χ0n) is 19.3. The number of anilines is 1. The van der Waals surface area contributed by atoms with Crippen LogP contribution in [0.5, 0.6) is 0 Å². The summed E-state index contributed by atoms with van der Waals surface area (Å²) < 4.78 is 5.17. The summed E-state index contributed by atoms with van der Waals surface area (Å²) >= 11 is 0. The number of carbonyl (C=O) groups excluding carboxylic acids is 4. The van der Waals surface area contributed by atoms with Gasteiger partial charge in [0.25, 0.3) is 5.91 Å². The molecule has 0 spiro atoms. The van der Waals surface area contributed by atoms with E-state index in [0.717, 1.165) is 6.42 Å². The van der Waals surface area contributed by atoms with Crippen molar-refractivity contribution in [3.8, 4) is 0 Å². The molecule has 176 valence electrons. The van der Waals surface area contributed by atoms with E-state index >= 15 is 0 Å². The van der Waals surface area contributed by atoms with E-state index in [1.54, 1.807) is 24.3 Å². The van der Waals surface area contributed by atoms with Crippen molar-refractivity contribution in [1.82, 2.24) is 15.5 Å². The maximum Gasteiger partial charge on any atom is 0.308 e. The first-order chi connectivity index (χ1) is 15.2. The van der Waals surface area contributed by atoms with Crippen molar-refractivity contribution >= 4 is 29.4 Å². The number of hydrogen-bond donors (Lipinski definition) is 3. The Kier molecular flexibility index (Phi) is 9.49. The third-order valence-electron chi connectivity index (χ3n) is 5.17. The molecule has 1 aromatic rings. The lowest BCUT2D eigenvalue weighted by Crippen LogP contribution is -2.58. The second-order valence-electron chi connectivity index (χ2n) is 8.39. The molecule has 2 atom stereocenters. The van der Waals surface area contributed by atoms with Gasteiger partial charge in [0.15, 0.2) is 0 Å². The predicted molar refractivity (Wildman–Crippen MR) is 121 cm³/mol. The lowest BCUT2D eigenvalue weighted by Gasteiger charge is -2.34. The number of nitrogens with zero attached hydrogens (tertiary/aromatic N) is 1. The fourth-order valence-corrected chi connectivity index (χ4v) is 3.12. The fourth-order valence-electron chi connectivity index (χ4n) is 3.12. The van der Waals surface area contributed by atoms with Crippen LogP contribution in [0.1, 0.15) is 50.9 Å². The highest BCUT2D eigenvalue weighted by molar-refractivity contribution is 5.95. The van der Waals surface area contributed by atoms with Gasteiger partial charge in [-0.15, -0.1) is 0 Å². The van der Waals surface area contributed by atoms with E-state index in [4.69, 9.17) is 4.74 Å². The van der Waals surface area contributed by atoms with Gasteiger partial charge >= 0.3 is 5.97 Å². The van der Waals surface area contributed by atoms with Crippen LogP contribution in [0.2, 0.25) is 0 Å². The minimum atomic E-state index is -0.885. The molecule has 3 amide bonds. The third kappa shape index (κ3) is 7.55. The molecule has 1 aliphatic rings. The molecular formula is C23H34N4O5. The highest BCUT2D eigenvalue weighted by Crippen LogP contribution is 2.13. The molecule has 1 fully saturated rings. The largest absolute Gasteiger partial charge is 0.465 e. The van der Waals surface area contributed by atoms with Crippen molar-refractivity contribution in [2.45, 2.75) is 52.6 Å². The van der Waals surface area contributed by atoms with Crippen LogP contribution in [0.4, 0.5) is 5.69 Å². The van der Waals surface area contributed by atoms with Crippen LogP contribution in [0.15, 0.2) is 24.3 Å². The number of ether oxygens (including phenoxy) is 1. The molecule has 1 heterocycles. The molecule has 2 rings (SSSR count). The summed E-state index contributed by atoms with van der Waals surface area (Å²) in [5.74, 6) is -1.11. The summed E-state index contributed by atoms with van der Waals surface area (Å²) in [5, 5.41) is 8.62. The van der Waals surface area contributed by atoms with Gasteiger partial charge in [-0.2, -0.15) is 0 Å². The molecule has 1 saturated heterocycles. The van der Waals surface area contributed by atoms with Crippen molar-refractivity contribution in [2.24, 2.45) is 5.92 Å². The molecule has 0 aromatic heterocycles. The highest BCUT2D eigenvalue weighted by atomic mass is 16.5. The Hall–Kier alpha value is -3.10. The van der Waals surface area contributed by atoms with E-state index in [2.05, 4.69) is 16.0 Å². The zero-order chi connectivity index (χ0) is 23.7. The van der Waals surface area contributed by atoms with Gasteiger partial charge in [-0.1, -0.05) is 20.8 Å². The number of nitrogens with one attached hydrogen (secondary N) is 3. The Morgan fingerprint density at radius 2 is 1.88 bits per heavy atom. The summed E-state index contributed by atoms with van der Waals surface area (Å²) in [5.41, 5.74) is 1.21. The topological polar surface area (TPSA) is 117 Å². The van der Waals surface area contributed by atoms with Gasteiger partial charge in [0, 0.05) is 30.4 Å². The van der Waals surface area contributed by atoms with Crippen LogP contribution < -0.4 is 16.0 Å². The Balaban J connectivity index is 1.92. The fraction of sp³-hybridized carbons (Fsp3) is 0.565. The van der Waals surface area contributed by atoms with Crippen LogP contribution in [0.3, 0.4) is 0 Å². The molecule has 32 heavy (non-hydrogen) atoms. The maximum absolute atomic E-state index is 12.8. The molecule has 1 aliphatic heterocycles. The summed E-state index contributed by atoms with van der Waals surface area (Å²) in [6, 6.07) is 6.03. The number of hydrogen-bond acceptors (Lipinski definition) is 6. The van der Waals surface area contributed by atoms with Gasteiger partial charge in [-0.3, -0.25) is 19.2 Å². The molecule has 9 heteroatoms. The summed E-state index contributed by atoms with van der Waals surface area (Å²) in [6.45, 7) is 8.68. The summed E-state index contributed by atoms with van der Waals surface area (Å²) in [7, 11) is 0. The number of piperazine rings is 1. The molecule has 0 aliphatic carbocycles. The van der Waals surface area contributed by atoms with Gasteiger partial charge in [-0.05, 0) is 43.5 Å². The molecule has 0 saturated carbocycles. The zero-order valence-corrected chi connectivity index (χ0v) is 19.3. The van der Waals surface area contributed by atoms with Crippen LogP contribution in [0, 0.1) is 5.92 Å².